The Morgan fingerprint density at radius 3 is 2.05 bits per heavy atom. The first-order chi connectivity index (χ1) is 18.4. The number of rotatable bonds is 3. The second kappa shape index (κ2) is 10.6. The Bertz CT molecular complexity index is 1540. The summed E-state index contributed by atoms with van der Waals surface area (Å²) in [7, 11) is 0. The van der Waals surface area contributed by atoms with Crippen LogP contribution in [0.3, 0.4) is 0 Å². The number of hydrogen-bond donors (Lipinski definition) is 2. The number of aromatic nitrogens is 2. The van der Waals surface area contributed by atoms with Gasteiger partial charge in [0.15, 0.2) is 5.65 Å². The molecule has 0 spiro atoms. The molecule has 1 aliphatic carbocycles. The highest BCUT2D eigenvalue weighted by atomic mass is 35.5. The first kappa shape index (κ1) is 30.2. The van der Waals surface area contributed by atoms with Crippen molar-refractivity contribution < 1.29 is 14.6 Å². The Morgan fingerprint density at radius 1 is 1.05 bits per heavy atom. The zero-order valence-electron chi connectivity index (χ0n) is 24.4. The number of fused-ring (bicyclic) bond motifs is 1. The van der Waals surface area contributed by atoms with Crippen LogP contribution in [0.25, 0.3) is 22.5 Å². The van der Waals surface area contributed by atoms with E-state index >= 15 is 0 Å². The number of nitrogen functional groups attached to an aromatic ring is 1. The van der Waals surface area contributed by atoms with Crippen molar-refractivity contribution >= 4 is 46.4 Å². The third kappa shape index (κ3) is 5.42. The fourth-order valence-electron chi connectivity index (χ4n) is 6.18. The summed E-state index contributed by atoms with van der Waals surface area (Å²) in [6, 6.07) is 6.79. The molecule has 40 heavy (non-hydrogen) atoms. The van der Waals surface area contributed by atoms with E-state index in [-0.39, 0.29) is 61.9 Å². The van der Waals surface area contributed by atoms with Crippen molar-refractivity contribution in [3.8, 4) is 11.1 Å². The highest BCUT2D eigenvalue weighted by Gasteiger charge is 2.48. The maximum Gasteiger partial charge on any atom is 0.342 e. The molecule has 2 atom stereocenters. The van der Waals surface area contributed by atoms with Gasteiger partial charge in [-0.25, -0.2) is 14.2 Å². The maximum absolute atomic E-state index is 14.3. The van der Waals surface area contributed by atoms with Gasteiger partial charge < -0.3 is 15.6 Å². The lowest BCUT2D eigenvalue weighted by Crippen LogP contribution is -2.49. The van der Waals surface area contributed by atoms with Crippen LogP contribution in [-0.4, -0.2) is 26.6 Å². The van der Waals surface area contributed by atoms with E-state index in [1.165, 1.54) is 6.92 Å². The molecule has 1 aromatic carbocycles. The first-order valence-electron chi connectivity index (χ1n) is 13.6. The van der Waals surface area contributed by atoms with Crippen LogP contribution in [0, 0.1) is 28.6 Å². The molecule has 216 valence electrons. The Labute approximate surface area is 245 Å². The fourth-order valence-corrected chi connectivity index (χ4v) is 6.67. The number of nitrogens with zero attached hydrogens (tertiary/aromatic N) is 2. The summed E-state index contributed by atoms with van der Waals surface area (Å²) in [5.74, 6) is -0.413. The van der Waals surface area contributed by atoms with Crippen molar-refractivity contribution in [2.75, 3.05) is 5.73 Å². The summed E-state index contributed by atoms with van der Waals surface area (Å²) in [6.07, 6.45) is 1.49. The molecule has 2 aromatic heterocycles. The van der Waals surface area contributed by atoms with Gasteiger partial charge in [-0.15, -0.1) is 0 Å². The Balaban J connectivity index is 1.99. The first-order valence-corrected chi connectivity index (χ1v) is 14.4. The van der Waals surface area contributed by atoms with Gasteiger partial charge in [0.05, 0.1) is 0 Å². The minimum absolute atomic E-state index is 0.0174. The highest BCUT2D eigenvalue weighted by molar-refractivity contribution is 6.34. The van der Waals surface area contributed by atoms with Gasteiger partial charge in [0, 0.05) is 22.4 Å². The molecule has 1 fully saturated rings. The number of nitrogens with two attached hydrogens (primary N) is 1. The summed E-state index contributed by atoms with van der Waals surface area (Å²) in [5.41, 5.74) is 6.11. The average molecular weight is 589 g/mol. The summed E-state index contributed by atoms with van der Waals surface area (Å²) in [6.45, 7) is 16.7. The lowest BCUT2D eigenvalue weighted by atomic mass is 9.59. The van der Waals surface area contributed by atoms with E-state index in [9.17, 15) is 14.7 Å². The smallest absolute Gasteiger partial charge is 0.342 e. The van der Waals surface area contributed by atoms with E-state index in [1.54, 1.807) is 24.3 Å². The number of carbonyl (C=O) groups is 1. The van der Waals surface area contributed by atoms with Crippen LogP contribution in [0.1, 0.15) is 78.6 Å². The largest absolute Gasteiger partial charge is 0.512 e. The zero-order chi connectivity index (χ0) is 29.9. The molecule has 0 radical (unpaired) electrons. The molecule has 7 nitrogen and oxygen atoms in total. The third-order valence-corrected chi connectivity index (χ3v) is 8.87. The van der Waals surface area contributed by atoms with Gasteiger partial charge in [0.2, 0.25) is 0 Å². The molecule has 1 saturated carbocycles. The molecular weight excluding hydrogens is 549 g/mol. The van der Waals surface area contributed by atoms with Gasteiger partial charge in [0.25, 0.3) is 5.56 Å². The van der Waals surface area contributed by atoms with Crippen molar-refractivity contribution in [3.05, 3.63) is 55.6 Å². The standard InChI is InChI=1S/C31H39Cl2N3O4/c1-15-13-19(30(3,4)5)24(20(14-15)31(6,7)8)40-29(39)23-22(17-9-11-18(32)12-10-17)25(33)36-27(23)35-26(34)21(16(2)37)28(36)38/h9-12,15,19-20,24,37H,13-14H2,1-8H3,(H2,34,35)/b21-16-. The molecule has 2 heterocycles. The second-order valence-electron chi connectivity index (χ2n) is 13.4. The lowest BCUT2D eigenvalue weighted by Gasteiger charge is -2.50. The quantitative estimate of drug-likeness (QED) is 0.321. The van der Waals surface area contributed by atoms with Gasteiger partial charge in [-0.2, -0.15) is 0 Å². The van der Waals surface area contributed by atoms with Crippen LogP contribution < -0.4 is 16.5 Å². The van der Waals surface area contributed by atoms with Gasteiger partial charge in [-0.3, -0.25) is 4.79 Å². The predicted octanol–water partition coefficient (Wildman–Crippen LogP) is 6.94. The van der Waals surface area contributed by atoms with E-state index in [0.717, 1.165) is 17.2 Å². The molecule has 0 bridgehead atoms. The topological polar surface area (TPSA) is 107 Å². The number of esters is 1. The number of aliphatic hydroxyl groups excluding tert-OH is 1. The molecule has 4 rings (SSSR count). The molecule has 0 saturated heterocycles. The van der Waals surface area contributed by atoms with Crippen LogP contribution >= 0.6 is 23.2 Å². The van der Waals surface area contributed by atoms with Crippen LogP contribution in [-0.2, 0) is 4.74 Å². The third-order valence-electron chi connectivity index (χ3n) is 8.26. The van der Waals surface area contributed by atoms with Crippen LogP contribution in [0.5, 0.6) is 0 Å². The minimum Gasteiger partial charge on any atom is -0.512 e. The number of halogens is 2. The van der Waals surface area contributed by atoms with Gasteiger partial charge in [-0.1, -0.05) is 83.8 Å². The lowest BCUT2D eigenvalue weighted by molar-refractivity contribution is -0.0922. The molecule has 3 N–H and O–H groups in total. The number of carbonyl (C=O) groups excluding carboxylic acids is 1. The summed E-state index contributed by atoms with van der Waals surface area (Å²) >= 11 is 13.0. The Hall–Kier alpha value is -2.77. The molecule has 2 unspecified atom stereocenters. The van der Waals surface area contributed by atoms with Crippen LogP contribution in [0.2, 0.25) is 10.2 Å². The van der Waals surface area contributed by atoms with Crippen LogP contribution in [0.15, 0.2) is 29.1 Å². The zero-order valence-corrected chi connectivity index (χ0v) is 25.9. The average Bonchev–Trinajstić information content (AvgIpc) is 3.10. The monoisotopic (exact) mass is 587 g/mol. The van der Waals surface area contributed by atoms with E-state index in [4.69, 9.17) is 33.7 Å². The van der Waals surface area contributed by atoms with Crippen molar-refractivity contribution in [2.24, 2.45) is 28.6 Å². The molecule has 9 heteroatoms. The fraction of sp³-hybridized carbons (Fsp3) is 0.516. The van der Waals surface area contributed by atoms with E-state index in [1.807, 2.05) is 0 Å². The van der Waals surface area contributed by atoms with Crippen molar-refractivity contribution in [1.82, 2.24) is 9.38 Å². The molecular formula is C31H39Cl2N3O4. The van der Waals surface area contributed by atoms with Crippen molar-refractivity contribution in [2.45, 2.75) is 74.3 Å². The van der Waals surface area contributed by atoms with E-state index in [2.05, 4.69) is 53.5 Å². The Morgan fingerprint density at radius 2 is 1.57 bits per heavy atom. The molecule has 0 aliphatic heterocycles. The SMILES string of the molecule is C/C(O)=c1\c(N)nc2c(C(=O)OC3C(C(C)(C)C)CC(C)CC3C(C)(C)C)c(-c3ccc(Cl)cc3)c(Cl)n2c1=O. The summed E-state index contributed by atoms with van der Waals surface area (Å²) in [4.78, 5) is 32.2. The van der Waals surface area contributed by atoms with Gasteiger partial charge in [0.1, 0.15) is 33.6 Å². The maximum atomic E-state index is 14.3. The normalized spacial score (nSPS) is 22.9. The van der Waals surface area contributed by atoms with Gasteiger partial charge in [-0.05, 0) is 54.2 Å². The van der Waals surface area contributed by atoms with E-state index in [0.29, 0.717) is 22.1 Å². The predicted molar refractivity (Wildman–Crippen MR) is 162 cm³/mol. The minimum atomic E-state index is -0.673. The molecule has 1 aliphatic rings. The summed E-state index contributed by atoms with van der Waals surface area (Å²) in [5, 5.41) is 10.5. The van der Waals surface area contributed by atoms with Crippen LogP contribution in [0.4, 0.5) is 5.82 Å². The number of anilines is 1. The Kier molecular flexibility index (Phi) is 7.98. The second-order valence-corrected chi connectivity index (χ2v) is 14.2. The van der Waals surface area contributed by atoms with E-state index < -0.39 is 11.5 Å². The highest BCUT2D eigenvalue weighted by Crippen LogP contribution is 2.50. The number of benzene rings is 1. The number of aliphatic hydroxyl groups is 1. The molecule has 3 aromatic rings. The number of hydrogen-bond acceptors (Lipinski definition) is 6. The van der Waals surface area contributed by atoms with Crippen molar-refractivity contribution in [3.63, 3.8) is 0 Å². The molecule has 0 amide bonds. The number of ether oxygens (including phenoxy) is 1. The van der Waals surface area contributed by atoms with Crippen molar-refractivity contribution in [1.29, 1.82) is 0 Å². The summed E-state index contributed by atoms with van der Waals surface area (Å²) < 4.78 is 7.60. The van der Waals surface area contributed by atoms with Gasteiger partial charge >= 0.3 is 5.97 Å².